The quantitative estimate of drug-likeness (QED) is 0.453. The highest BCUT2D eigenvalue weighted by atomic mass is 19.1. The van der Waals surface area contributed by atoms with Crippen LogP contribution < -0.4 is 9.64 Å². The number of nitriles is 1. The monoisotopic (exact) mass is 463 g/mol. The third-order valence-electron chi connectivity index (χ3n) is 5.86. The number of methoxy groups -OCH3 is 1. The third kappa shape index (κ3) is 3.91. The van der Waals surface area contributed by atoms with Gasteiger partial charge < -0.3 is 14.2 Å². The van der Waals surface area contributed by atoms with Crippen LogP contribution in [0.1, 0.15) is 38.1 Å². The molecule has 0 saturated carbocycles. The van der Waals surface area contributed by atoms with Gasteiger partial charge in [-0.25, -0.2) is 4.39 Å². The summed E-state index contributed by atoms with van der Waals surface area (Å²) in [6.07, 6.45) is 5.22. The minimum atomic E-state index is -1.57. The molecule has 176 valence electrons. The fourth-order valence-electron chi connectivity index (χ4n) is 4.21. The molecule has 4 aromatic rings. The fourth-order valence-corrected chi connectivity index (χ4v) is 4.21. The van der Waals surface area contributed by atoms with Crippen LogP contribution in [0.25, 0.3) is 16.8 Å². The summed E-state index contributed by atoms with van der Waals surface area (Å²) >= 11 is 0. The summed E-state index contributed by atoms with van der Waals surface area (Å²) in [5.41, 5.74) is 1.64. The Morgan fingerprint density at radius 1 is 1.18 bits per heavy atom. The van der Waals surface area contributed by atoms with Gasteiger partial charge in [0.25, 0.3) is 0 Å². The number of alkyl halides is 1. The number of hydrogen-bond acceptors (Lipinski definition) is 8. The molecule has 4 aromatic heterocycles. The van der Waals surface area contributed by atoms with Crippen molar-refractivity contribution in [2.24, 2.45) is 7.05 Å². The Bertz CT molecular complexity index is 1330. The molecule has 0 radical (unpaired) electrons. The van der Waals surface area contributed by atoms with E-state index < -0.39 is 5.67 Å². The zero-order valence-corrected chi connectivity index (χ0v) is 19.6. The number of pyridine rings is 1. The van der Waals surface area contributed by atoms with E-state index in [0.717, 1.165) is 11.1 Å². The van der Waals surface area contributed by atoms with Crippen molar-refractivity contribution in [3.8, 4) is 23.2 Å². The lowest BCUT2D eigenvalue weighted by Crippen LogP contribution is -2.42. The molecule has 1 fully saturated rings. The van der Waals surface area contributed by atoms with Gasteiger partial charge >= 0.3 is 0 Å². The molecule has 0 spiro atoms. The number of aryl methyl sites for hydroxylation is 1. The minimum absolute atomic E-state index is 0.228. The molecular formula is C23H26FN9O. The number of rotatable bonds is 4. The summed E-state index contributed by atoms with van der Waals surface area (Å²) in [7, 11) is 3.28. The molecule has 10 nitrogen and oxygen atoms in total. The van der Waals surface area contributed by atoms with Gasteiger partial charge in [0.15, 0.2) is 11.5 Å². The first-order valence-electron chi connectivity index (χ1n) is 11.1. The Morgan fingerprint density at radius 3 is 2.59 bits per heavy atom. The van der Waals surface area contributed by atoms with E-state index in [4.69, 9.17) is 4.74 Å². The zero-order chi connectivity index (χ0) is 24.3. The van der Waals surface area contributed by atoms with Gasteiger partial charge in [0.05, 0.1) is 41.3 Å². The van der Waals surface area contributed by atoms with Crippen molar-refractivity contribution in [1.82, 2.24) is 34.6 Å². The summed E-state index contributed by atoms with van der Waals surface area (Å²) in [5, 5.41) is 26.2. The van der Waals surface area contributed by atoms with Crippen LogP contribution in [-0.2, 0) is 12.7 Å². The van der Waals surface area contributed by atoms with Crippen LogP contribution in [0.5, 0.6) is 5.88 Å². The average Bonchev–Trinajstić information content (AvgIpc) is 3.51. The standard InChI is InChI=1S/C21H20FN9O.C2H6/c1-29-13-25-27-20(29)21(22)6-9-30(10-7-21)19-14(11-23)5-8-24-18(19)15-12-26-31-16(15)3-4-17(28-31)32-2;1-2/h3-5,8,12-13H,6-7,9-10H2,1-2H3;1-2H3. The number of nitrogens with zero attached hydrogens (tertiary/aromatic N) is 9. The number of anilines is 1. The zero-order valence-electron chi connectivity index (χ0n) is 19.6. The molecule has 5 heterocycles. The Kier molecular flexibility index (Phi) is 6.40. The summed E-state index contributed by atoms with van der Waals surface area (Å²) in [6, 6.07) is 7.51. The topological polar surface area (TPSA) is 110 Å². The molecule has 0 amide bonds. The van der Waals surface area contributed by atoms with Gasteiger partial charge in [0.1, 0.15) is 12.4 Å². The maximum Gasteiger partial charge on any atom is 0.233 e. The molecule has 0 unspecified atom stereocenters. The van der Waals surface area contributed by atoms with Gasteiger partial charge in [-0.15, -0.1) is 19.9 Å². The maximum absolute atomic E-state index is 15.7. The number of hydrogen-bond donors (Lipinski definition) is 0. The van der Waals surface area contributed by atoms with E-state index >= 15 is 4.39 Å². The van der Waals surface area contributed by atoms with Crippen LogP contribution in [0.4, 0.5) is 10.1 Å². The van der Waals surface area contributed by atoms with E-state index in [0.29, 0.717) is 41.7 Å². The first kappa shape index (κ1) is 23.1. The first-order valence-corrected chi connectivity index (χ1v) is 11.1. The molecule has 0 N–H and O–H groups in total. The average molecular weight is 464 g/mol. The van der Waals surface area contributed by atoms with Crippen molar-refractivity contribution in [3.05, 3.63) is 48.3 Å². The lowest BCUT2D eigenvalue weighted by atomic mass is 9.91. The highest BCUT2D eigenvalue weighted by Crippen LogP contribution is 2.40. The number of ether oxygens (including phenoxy) is 1. The molecule has 0 atom stereocenters. The molecule has 5 rings (SSSR count). The van der Waals surface area contributed by atoms with Crippen LogP contribution in [-0.4, -0.2) is 54.8 Å². The van der Waals surface area contributed by atoms with Crippen LogP contribution in [0.15, 0.2) is 36.9 Å². The normalized spacial score (nSPS) is 14.9. The summed E-state index contributed by atoms with van der Waals surface area (Å²) in [4.78, 5) is 6.58. The number of aromatic nitrogens is 7. The molecule has 1 aliphatic heterocycles. The van der Waals surface area contributed by atoms with Gasteiger partial charge in [0, 0.05) is 45.2 Å². The molecule has 0 aromatic carbocycles. The van der Waals surface area contributed by atoms with Crippen molar-refractivity contribution < 1.29 is 9.13 Å². The second kappa shape index (κ2) is 9.43. The SMILES string of the molecule is CC.COc1ccc2c(-c3nccc(C#N)c3N3CCC(F)(c4nncn4C)CC3)cnn2n1. The van der Waals surface area contributed by atoms with Crippen molar-refractivity contribution in [3.63, 3.8) is 0 Å². The van der Waals surface area contributed by atoms with Gasteiger partial charge in [0.2, 0.25) is 5.88 Å². The van der Waals surface area contributed by atoms with E-state index in [-0.39, 0.29) is 12.8 Å². The Morgan fingerprint density at radius 2 is 1.94 bits per heavy atom. The van der Waals surface area contributed by atoms with Crippen molar-refractivity contribution in [2.45, 2.75) is 32.4 Å². The van der Waals surface area contributed by atoms with E-state index in [1.807, 2.05) is 24.8 Å². The van der Waals surface area contributed by atoms with E-state index in [9.17, 15) is 5.26 Å². The molecule has 1 saturated heterocycles. The minimum Gasteiger partial charge on any atom is -0.480 e. The van der Waals surface area contributed by atoms with E-state index in [1.165, 1.54) is 18.1 Å². The van der Waals surface area contributed by atoms with Crippen molar-refractivity contribution in [1.29, 1.82) is 5.26 Å². The predicted octanol–water partition coefficient (Wildman–Crippen LogP) is 3.29. The van der Waals surface area contributed by atoms with Crippen LogP contribution in [0, 0.1) is 11.3 Å². The van der Waals surface area contributed by atoms with Crippen LogP contribution >= 0.6 is 0 Å². The van der Waals surface area contributed by atoms with Gasteiger partial charge in [-0.2, -0.15) is 10.4 Å². The number of piperidine rings is 1. The highest BCUT2D eigenvalue weighted by molar-refractivity contribution is 5.87. The Balaban J connectivity index is 0.00000133. The first-order chi connectivity index (χ1) is 16.5. The smallest absolute Gasteiger partial charge is 0.233 e. The predicted molar refractivity (Wildman–Crippen MR) is 124 cm³/mol. The number of halogens is 1. The highest BCUT2D eigenvalue weighted by Gasteiger charge is 2.41. The third-order valence-corrected chi connectivity index (χ3v) is 5.86. The van der Waals surface area contributed by atoms with E-state index in [1.54, 1.807) is 36.1 Å². The molecule has 11 heteroatoms. The van der Waals surface area contributed by atoms with Crippen molar-refractivity contribution >= 4 is 11.2 Å². The van der Waals surface area contributed by atoms with Crippen LogP contribution in [0.3, 0.4) is 0 Å². The summed E-state index contributed by atoms with van der Waals surface area (Å²) in [5.74, 6) is 0.761. The van der Waals surface area contributed by atoms with Crippen molar-refractivity contribution in [2.75, 3.05) is 25.1 Å². The summed E-state index contributed by atoms with van der Waals surface area (Å²) in [6.45, 7) is 4.81. The molecular weight excluding hydrogens is 437 g/mol. The van der Waals surface area contributed by atoms with Gasteiger partial charge in [-0.05, 0) is 12.1 Å². The Labute approximate surface area is 196 Å². The van der Waals surface area contributed by atoms with Crippen LogP contribution in [0.2, 0.25) is 0 Å². The molecule has 34 heavy (non-hydrogen) atoms. The molecule has 0 aliphatic carbocycles. The fraction of sp³-hybridized carbons (Fsp3) is 0.391. The number of fused-ring (bicyclic) bond motifs is 1. The molecule has 0 bridgehead atoms. The lowest BCUT2D eigenvalue weighted by molar-refractivity contribution is 0.109. The second-order valence-electron chi connectivity index (χ2n) is 7.69. The largest absolute Gasteiger partial charge is 0.480 e. The lowest BCUT2D eigenvalue weighted by Gasteiger charge is -2.37. The van der Waals surface area contributed by atoms with E-state index in [2.05, 4.69) is 31.4 Å². The molecule has 1 aliphatic rings. The van der Waals surface area contributed by atoms with Gasteiger partial charge in [-0.1, -0.05) is 13.8 Å². The maximum atomic E-state index is 15.7. The second-order valence-corrected chi connectivity index (χ2v) is 7.69. The summed E-state index contributed by atoms with van der Waals surface area (Å²) < 4.78 is 23.9. The van der Waals surface area contributed by atoms with Gasteiger partial charge in [-0.3, -0.25) is 4.98 Å². The Hall–Kier alpha value is -4.07.